The molecule has 0 aliphatic rings. The average molecular weight is 422 g/mol. The van der Waals surface area contributed by atoms with Crippen LogP contribution in [0.3, 0.4) is 0 Å². The van der Waals surface area contributed by atoms with E-state index in [0.29, 0.717) is 12.1 Å². The summed E-state index contributed by atoms with van der Waals surface area (Å²) in [5.74, 6) is -1.60. The molecule has 0 saturated carbocycles. The minimum Gasteiger partial charge on any atom is -0.486 e. The number of hydrogen-bond donors (Lipinski definition) is 3. The zero-order valence-electron chi connectivity index (χ0n) is 14.9. The molecule has 0 saturated heterocycles. The van der Waals surface area contributed by atoms with Crippen LogP contribution in [0.25, 0.3) is 0 Å². The van der Waals surface area contributed by atoms with Gasteiger partial charge in [0.1, 0.15) is 13.2 Å². The molecule has 1 amide bonds. The molecule has 0 aliphatic carbocycles. The van der Waals surface area contributed by atoms with Crippen LogP contribution in [0.4, 0.5) is 5.69 Å². The lowest BCUT2D eigenvalue weighted by molar-refractivity contribution is -0.135. The number of carbonyl (C=O) groups excluding carboxylic acids is 1. The number of anilines is 1. The Morgan fingerprint density at radius 1 is 1.18 bits per heavy atom. The van der Waals surface area contributed by atoms with E-state index in [1.165, 1.54) is 12.1 Å². The summed E-state index contributed by atoms with van der Waals surface area (Å²) in [6, 6.07) is 10.1. The maximum Gasteiger partial charge on any atom is 0.322 e. The zero-order chi connectivity index (χ0) is 20.7. The van der Waals surface area contributed by atoms with Crippen molar-refractivity contribution in [2.45, 2.75) is 13.5 Å². The highest BCUT2D eigenvalue weighted by molar-refractivity contribution is 6.37. The van der Waals surface area contributed by atoms with Gasteiger partial charge in [0.25, 0.3) is 5.91 Å². The van der Waals surface area contributed by atoms with Crippen LogP contribution in [0, 0.1) is 11.3 Å². The van der Waals surface area contributed by atoms with Crippen LogP contribution in [0.2, 0.25) is 10.0 Å². The predicted octanol–water partition coefficient (Wildman–Crippen LogP) is 3.69. The van der Waals surface area contributed by atoms with E-state index in [1.54, 1.807) is 12.1 Å². The molecule has 2 rings (SSSR count). The van der Waals surface area contributed by atoms with Crippen LogP contribution in [-0.2, 0) is 11.4 Å². The van der Waals surface area contributed by atoms with Crippen LogP contribution < -0.4 is 15.4 Å². The number of nitrogens with one attached hydrogen (secondary N) is 2. The Kier molecular flexibility index (Phi) is 7.50. The topological polar surface area (TPSA) is 111 Å². The first-order valence-corrected chi connectivity index (χ1v) is 8.99. The van der Waals surface area contributed by atoms with Crippen molar-refractivity contribution in [2.24, 2.45) is 0 Å². The van der Waals surface area contributed by atoms with Gasteiger partial charge >= 0.3 is 5.97 Å². The van der Waals surface area contributed by atoms with Gasteiger partial charge in [0.05, 0.1) is 21.7 Å². The standard InChI is InChI=1S/C19H17Cl2N3O4/c1-2-23-14-4-11(8-22)3-12(5-14)10-28-18-15(20)6-13(7-16(18)21)19(27)24-9-17(25)26/h3-7,23H,2,9-10H2,1H3,(H,24,27)(H,25,26). The molecule has 2 aromatic carbocycles. The largest absolute Gasteiger partial charge is 0.486 e. The summed E-state index contributed by atoms with van der Waals surface area (Å²) < 4.78 is 5.69. The van der Waals surface area contributed by atoms with Crippen molar-refractivity contribution in [3.05, 3.63) is 57.1 Å². The van der Waals surface area contributed by atoms with Gasteiger partial charge in [0.15, 0.2) is 5.75 Å². The SMILES string of the molecule is CCNc1cc(C#N)cc(COc2c(Cl)cc(C(=O)NCC(=O)O)cc2Cl)c1. The second-order valence-electron chi connectivity index (χ2n) is 5.69. The first kappa shape index (κ1) is 21.4. The van der Waals surface area contributed by atoms with E-state index in [4.69, 9.17) is 38.3 Å². The summed E-state index contributed by atoms with van der Waals surface area (Å²) >= 11 is 12.4. The maximum atomic E-state index is 11.9. The predicted molar refractivity (Wildman–Crippen MR) is 106 cm³/mol. The number of carbonyl (C=O) groups is 2. The lowest BCUT2D eigenvalue weighted by atomic mass is 10.1. The molecule has 0 heterocycles. The molecule has 0 aromatic heterocycles. The first-order valence-electron chi connectivity index (χ1n) is 8.23. The number of nitriles is 1. The van der Waals surface area contributed by atoms with Crippen LogP contribution >= 0.6 is 23.2 Å². The fraction of sp³-hybridized carbons (Fsp3) is 0.211. The summed E-state index contributed by atoms with van der Waals surface area (Å²) in [6.07, 6.45) is 0. The molecule has 0 unspecified atom stereocenters. The van der Waals surface area contributed by atoms with Crippen LogP contribution in [-0.4, -0.2) is 30.1 Å². The molecule has 0 atom stereocenters. The van der Waals surface area contributed by atoms with Crippen molar-refractivity contribution in [3.63, 3.8) is 0 Å². The molecule has 0 fully saturated rings. The van der Waals surface area contributed by atoms with Crippen LogP contribution in [0.15, 0.2) is 30.3 Å². The lowest BCUT2D eigenvalue weighted by Crippen LogP contribution is -2.29. The van der Waals surface area contributed by atoms with Gasteiger partial charge in [-0.3, -0.25) is 9.59 Å². The van der Waals surface area contributed by atoms with Crippen molar-refractivity contribution >= 4 is 40.8 Å². The Labute approximate surface area is 171 Å². The molecule has 2 aromatic rings. The number of carboxylic acids is 1. The molecule has 9 heteroatoms. The molecular formula is C19H17Cl2N3O4. The van der Waals surface area contributed by atoms with E-state index in [-0.39, 0.29) is 28.0 Å². The summed E-state index contributed by atoms with van der Waals surface area (Å²) in [4.78, 5) is 22.5. The lowest BCUT2D eigenvalue weighted by Gasteiger charge is -2.13. The molecule has 3 N–H and O–H groups in total. The van der Waals surface area contributed by atoms with E-state index in [2.05, 4.69) is 16.7 Å². The second kappa shape index (κ2) is 9.83. The molecule has 0 aliphatic heterocycles. The monoisotopic (exact) mass is 421 g/mol. The van der Waals surface area contributed by atoms with Gasteiger partial charge in [-0.1, -0.05) is 23.2 Å². The quantitative estimate of drug-likeness (QED) is 0.598. The Hall–Kier alpha value is -2.95. The smallest absolute Gasteiger partial charge is 0.322 e. The Bertz CT molecular complexity index is 918. The fourth-order valence-corrected chi connectivity index (χ4v) is 2.98. The number of benzene rings is 2. The summed E-state index contributed by atoms with van der Waals surface area (Å²) in [5, 5.41) is 23.4. The van der Waals surface area contributed by atoms with Gasteiger partial charge in [-0.05, 0) is 42.8 Å². The fourth-order valence-electron chi connectivity index (χ4n) is 2.39. The molecule has 0 bridgehead atoms. The van der Waals surface area contributed by atoms with Crippen LogP contribution in [0.5, 0.6) is 5.75 Å². The second-order valence-corrected chi connectivity index (χ2v) is 6.51. The molecule has 0 radical (unpaired) electrons. The molecule has 146 valence electrons. The highest BCUT2D eigenvalue weighted by atomic mass is 35.5. The van der Waals surface area contributed by atoms with Crippen molar-refractivity contribution < 1.29 is 19.4 Å². The van der Waals surface area contributed by atoms with Gasteiger partial charge in [-0.25, -0.2) is 0 Å². The number of ether oxygens (including phenoxy) is 1. The summed E-state index contributed by atoms with van der Waals surface area (Å²) in [7, 11) is 0. The first-order chi connectivity index (χ1) is 13.3. The van der Waals surface area contributed by atoms with Gasteiger partial charge in [-0.15, -0.1) is 0 Å². The Morgan fingerprint density at radius 3 is 2.43 bits per heavy atom. The summed E-state index contributed by atoms with van der Waals surface area (Å²) in [5.41, 5.74) is 2.14. The van der Waals surface area contributed by atoms with Crippen molar-refractivity contribution in [3.8, 4) is 11.8 Å². The van der Waals surface area contributed by atoms with E-state index >= 15 is 0 Å². The highest BCUT2D eigenvalue weighted by Crippen LogP contribution is 2.35. The minimum absolute atomic E-state index is 0.108. The summed E-state index contributed by atoms with van der Waals surface area (Å²) in [6.45, 7) is 2.24. The number of nitrogens with zero attached hydrogens (tertiary/aromatic N) is 1. The third-order valence-corrected chi connectivity index (χ3v) is 4.11. The van der Waals surface area contributed by atoms with E-state index in [1.807, 2.05) is 13.0 Å². The number of hydrogen-bond acceptors (Lipinski definition) is 5. The molecular weight excluding hydrogens is 405 g/mol. The molecule has 7 nitrogen and oxygen atoms in total. The van der Waals surface area contributed by atoms with E-state index in [9.17, 15) is 9.59 Å². The third kappa shape index (κ3) is 5.78. The van der Waals surface area contributed by atoms with Gasteiger partial charge in [0, 0.05) is 17.8 Å². The highest BCUT2D eigenvalue weighted by Gasteiger charge is 2.15. The number of halogens is 2. The van der Waals surface area contributed by atoms with Crippen molar-refractivity contribution in [1.82, 2.24) is 5.32 Å². The van der Waals surface area contributed by atoms with E-state index < -0.39 is 18.4 Å². The average Bonchev–Trinajstić information content (AvgIpc) is 2.65. The maximum absolute atomic E-state index is 11.9. The van der Waals surface area contributed by atoms with Crippen molar-refractivity contribution in [2.75, 3.05) is 18.4 Å². The number of carboxylic acid groups (broad SMARTS) is 1. The van der Waals surface area contributed by atoms with Gasteiger partial charge in [-0.2, -0.15) is 5.26 Å². The third-order valence-electron chi connectivity index (χ3n) is 3.55. The molecule has 0 spiro atoms. The van der Waals surface area contributed by atoms with Gasteiger partial charge < -0.3 is 20.5 Å². The van der Waals surface area contributed by atoms with Crippen molar-refractivity contribution in [1.29, 1.82) is 5.26 Å². The number of amides is 1. The number of aliphatic carboxylic acids is 1. The zero-order valence-corrected chi connectivity index (χ0v) is 16.4. The van der Waals surface area contributed by atoms with Crippen LogP contribution in [0.1, 0.15) is 28.4 Å². The Balaban J connectivity index is 2.17. The minimum atomic E-state index is -1.16. The molecule has 28 heavy (non-hydrogen) atoms. The van der Waals surface area contributed by atoms with Gasteiger partial charge in [0.2, 0.25) is 0 Å². The van der Waals surface area contributed by atoms with E-state index in [0.717, 1.165) is 11.3 Å². The Morgan fingerprint density at radius 2 is 1.86 bits per heavy atom. The number of rotatable bonds is 8. The normalized spacial score (nSPS) is 10.1.